The van der Waals surface area contributed by atoms with Crippen LogP contribution in [0.3, 0.4) is 0 Å². The minimum atomic E-state index is -0.700. The predicted molar refractivity (Wildman–Crippen MR) is 83.6 cm³/mol. The van der Waals surface area contributed by atoms with Gasteiger partial charge in [0, 0.05) is 16.4 Å². The molecule has 18 heavy (non-hydrogen) atoms. The quantitative estimate of drug-likeness (QED) is 0.830. The van der Waals surface area contributed by atoms with Crippen LogP contribution in [0.4, 0.5) is 0 Å². The molecule has 2 rings (SSSR count). The Bertz CT molecular complexity index is 488. The summed E-state index contributed by atoms with van der Waals surface area (Å²) < 4.78 is 1.22. The van der Waals surface area contributed by atoms with Crippen molar-refractivity contribution in [2.24, 2.45) is 0 Å². The first-order valence-electron chi connectivity index (χ1n) is 6.06. The molecule has 0 radical (unpaired) electrons. The van der Waals surface area contributed by atoms with E-state index in [1.54, 1.807) is 0 Å². The van der Waals surface area contributed by atoms with Gasteiger partial charge in [-0.05, 0) is 52.8 Å². The van der Waals surface area contributed by atoms with Gasteiger partial charge in [-0.15, -0.1) is 0 Å². The summed E-state index contributed by atoms with van der Waals surface area (Å²) in [6, 6.07) is 18.5. The van der Waals surface area contributed by atoms with E-state index in [0.29, 0.717) is 12.8 Å². The van der Waals surface area contributed by atoms with Crippen molar-refractivity contribution in [2.75, 3.05) is 0 Å². The molecule has 0 fully saturated rings. The molecule has 2 aromatic carbocycles. The van der Waals surface area contributed by atoms with Gasteiger partial charge in [-0.3, -0.25) is 0 Å². The molecule has 0 bridgehead atoms. The van der Waals surface area contributed by atoms with Crippen molar-refractivity contribution < 1.29 is 5.11 Å². The molecule has 1 nitrogen and oxygen atoms in total. The van der Waals surface area contributed by atoms with Crippen molar-refractivity contribution in [3.63, 3.8) is 0 Å². The lowest BCUT2D eigenvalue weighted by Gasteiger charge is -2.23. The van der Waals surface area contributed by atoms with E-state index in [2.05, 4.69) is 59.0 Å². The van der Waals surface area contributed by atoms with Gasteiger partial charge in [0.15, 0.2) is 0 Å². The van der Waals surface area contributed by atoms with Gasteiger partial charge in [-0.1, -0.05) is 42.5 Å². The van der Waals surface area contributed by atoms with Gasteiger partial charge in [-0.2, -0.15) is 0 Å². The second-order valence-corrected chi connectivity index (χ2v) is 6.21. The molecule has 0 aliphatic rings. The lowest BCUT2D eigenvalue weighted by atomic mass is 9.90. The highest BCUT2D eigenvalue weighted by molar-refractivity contribution is 14.1. The van der Waals surface area contributed by atoms with E-state index >= 15 is 0 Å². The normalized spacial score (nSPS) is 14.2. The molecule has 0 heterocycles. The van der Waals surface area contributed by atoms with E-state index in [4.69, 9.17) is 0 Å². The van der Waals surface area contributed by atoms with E-state index in [1.165, 1.54) is 14.7 Å². The average Bonchev–Trinajstić information content (AvgIpc) is 2.32. The van der Waals surface area contributed by atoms with Crippen LogP contribution in [0.15, 0.2) is 54.6 Å². The largest absolute Gasteiger partial charge is 0.389 e. The molecule has 0 amide bonds. The Kier molecular flexibility index (Phi) is 4.40. The maximum Gasteiger partial charge on any atom is 0.0700 e. The summed E-state index contributed by atoms with van der Waals surface area (Å²) in [5, 5.41) is 10.5. The van der Waals surface area contributed by atoms with Gasteiger partial charge < -0.3 is 5.11 Å². The number of halogens is 1. The van der Waals surface area contributed by atoms with E-state index in [9.17, 15) is 5.11 Å². The standard InChI is InChI=1S/C16H17IO/c1-16(18,11-13-5-3-2-4-6-13)12-14-7-9-15(17)10-8-14/h2-10,18H,11-12H2,1H3. The number of rotatable bonds is 4. The van der Waals surface area contributed by atoms with E-state index in [0.717, 1.165) is 0 Å². The number of hydrogen-bond acceptors (Lipinski definition) is 1. The molecule has 0 saturated carbocycles. The third-order valence-corrected chi connectivity index (χ3v) is 3.65. The van der Waals surface area contributed by atoms with Gasteiger partial charge in [0.1, 0.15) is 0 Å². The van der Waals surface area contributed by atoms with Crippen molar-refractivity contribution in [3.8, 4) is 0 Å². The van der Waals surface area contributed by atoms with Crippen molar-refractivity contribution >= 4 is 22.6 Å². The summed E-state index contributed by atoms with van der Waals surface area (Å²) in [6.07, 6.45) is 1.36. The molecule has 0 aliphatic heterocycles. The molecule has 2 heteroatoms. The summed E-state index contributed by atoms with van der Waals surface area (Å²) in [6.45, 7) is 1.90. The highest BCUT2D eigenvalue weighted by atomic mass is 127. The highest BCUT2D eigenvalue weighted by Crippen LogP contribution is 2.19. The number of benzene rings is 2. The second-order valence-electron chi connectivity index (χ2n) is 4.96. The van der Waals surface area contributed by atoms with Crippen molar-refractivity contribution in [1.82, 2.24) is 0 Å². The third kappa shape index (κ3) is 4.10. The molecule has 0 aliphatic carbocycles. The summed E-state index contributed by atoms with van der Waals surface area (Å²) >= 11 is 2.29. The Hall–Kier alpha value is -0.870. The maximum atomic E-state index is 10.5. The zero-order chi connectivity index (χ0) is 13.0. The fraction of sp³-hybridized carbons (Fsp3) is 0.250. The van der Waals surface area contributed by atoms with E-state index in [1.807, 2.05) is 25.1 Å². The molecule has 1 unspecified atom stereocenters. The fourth-order valence-electron chi connectivity index (χ4n) is 2.14. The van der Waals surface area contributed by atoms with Crippen LogP contribution in [0.5, 0.6) is 0 Å². The highest BCUT2D eigenvalue weighted by Gasteiger charge is 2.21. The molecule has 1 N–H and O–H groups in total. The lowest BCUT2D eigenvalue weighted by molar-refractivity contribution is 0.0608. The average molecular weight is 352 g/mol. The topological polar surface area (TPSA) is 20.2 Å². The van der Waals surface area contributed by atoms with Gasteiger partial charge in [-0.25, -0.2) is 0 Å². The van der Waals surface area contributed by atoms with Crippen LogP contribution in [0, 0.1) is 3.57 Å². The Morgan fingerprint density at radius 2 is 1.39 bits per heavy atom. The summed E-state index contributed by atoms with van der Waals surface area (Å²) in [5.41, 5.74) is 1.65. The summed E-state index contributed by atoms with van der Waals surface area (Å²) in [7, 11) is 0. The molecule has 2 aromatic rings. The number of hydrogen-bond donors (Lipinski definition) is 1. The third-order valence-electron chi connectivity index (χ3n) is 2.93. The van der Waals surface area contributed by atoms with Crippen LogP contribution in [0.2, 0.25) is 0 Å². The van der Waals surface area contributed by atoms with Gasteiger partial charge >= 0.3 is 0 Å². The van der Waals surface area contributed by atoms with E-state index in [-0.39, 0.29) is 0 Å². The zero-order valence-electron chi connectivity index (χ0n) is 10.4. The van der Waals surface area contributed by atoms with Crippen LogP contribution >= 0.6 is 22.6 Å². The first-order chi connectivity index (χ1) is 8.55. The SMILES string of the molecule is CC(O)(Cc1ccccc1)Cc1ccc(I)cc1. The minimum absolute atomic E-state index is 0.679. The van der Waals surface area contributed by atoms with Crippen LogP contribution in [-0.4, -0.2) is 10.7 Å². The van der Waals surface area contributed by atoms with Crippen molar-refractivity contribution in [2.45, 2.75) is 25.4 Å². The molecule has 0 aromatic heterocycles. The molecular weight excluding hydrogens is 335 g/mol. The van der Waals surface area contributed by atoms with Crippen LogP contribution < -0.4 is 0 Å². The number of aliphatic hydroxyl groups is 1. The fourth-order valence-corrected chi connectivity index (χ4v) is 2.50. The maximum absolute atomic E-state index is 10.5. The van der Waals surface area contributed by atoms with Crippen molar-refractivity contribution in [3.05, 3.63) is 69.3 Å². The first kappa shape index (κ1) is 13.6. The summed E-state index contributed by atoms with van der Waals surface area (Å²) in [5.74, 6) is 0. The first-order valence-corrected chi connectivity index (χ1v) is 7.14. The molecule has 0 saturated heterocycles. The van der Waals surface area contributed by atoms with Gasteiger partial charge in [0.25, 0.3) is 0 Å². The monoisotopic (exact) mass is 352 g/mol. The zero-order valence-corrected chi connectivity index (χ0v) is 12.6. The molecular formula is C16H17IO. The Labute approximate surface area is 122 Å². The Morgan fingerprint density at radius 1 is 0.889 bits per heavy atom. The van der Waals surface area contributed by atoms with Crippen LogP contribution in [0.1, 0.15) is 18.1 Å². The lowest BCUT2D eigenvalue weighted by Crippen LogP contribution is -2.30. The van der Waals surface area contributed by atoms with E-state index < -0.39 is 5.60 Å². The van der Waals surface area contributed by atoms with Gasteiger partial charge in [0.2, 0.25) is 0 Å². The smallest absolute Gasteiger partial charge is 0.0700 e. The molecule has 0 spiro atoms. The second kappa shape index (κ2) is 5.85. The Balaban J connectivity index is 2.05. The predicted octanol–water partition coefficient (Wildman–Crippen LogP) is 3.83. The Morgan fingerprint density at radius 3 is 1.94 bits per heavy atom. The van der Waals surface area contributed by atoms with Crippen LogP contribution in [-0.2, 0) is 12.8 Å². The summed E-state index contributed by atoms with van der Waals surface area (Å²) in [4.78, 5) is 0. The van der Waals surface area contributed by atoms with Crippen molar-refractivity contribution in [1.29, 1.82) is 0 Å². The minimum Gasteiger partial charge on any atom is -0.389 e. The molecule has 1 atom stereocenters. The molecule has 94 valence electrons. The van der Waals surface area contributed by atoms with Gasteiger partial charge in [0.05, 0.1) is 5.60 Å². The van der Waals surface area contributed by atoms with Crippen LogP contribution in [0.25, 0.3) is 0 Å².